The smallest absolute Gasteiger partial charge is 0.162 e. The van der Waals surface area contributed by atoms with E-state index in [0.29, 0.717) is 17.3 Å². The molecule has 2 aromatic carbocycles. The summed E-state index contributed by atoms with van der Waals surface area (Å²) in [4.78, 5) is 0. The number of aryl methyl sites for hydroxylation is 1. The molecule has 0 radical (unpaired) electrons. The van der Waals surface area contributed by atoms with Gasteiger partial charge in [0.1, 0.15) is 11.9 Å². The second-order valence-electron chi connectivity index (χ2n) is 4.85. The van der Waals surface area contributed by atoms with E-state index >= 15 is 0 Å². The Labute approximate surface area is 123 Å². The molecule has 0 amide bonds. The predicted octanol–water partition coefficient (Wildman–Crippen LogP) is 4.20. The molecular formula is C16H16ClNO2. The third-order valence-electron chi connectivity index (χ3n) is 3.44. The molecule has 1 aliphatic rings. The van der Waals surface area contributed by atoms with Crippen LogP contribution >= 0.6 is 11.6 Å². The Bertz CT molecular complexity index is 642. The molecule has 0 fully saturated rings. The molecule has 3 rings (SSSR count). The summed E-state index contributed by atoms with van der Waals surface area (Å²) in [6.07, 6.45) is -0.114. The summed E-state index contributed by atoms with van der Waals surface area (Å²) >= 11 is 6.20. The Morgan fingerprint density at radius 1 is 1.30 bits per heavy atom. The van der Waals surface area contributed by atoms with Gasteiger partial charge in [-0.2, -0.15) is 0 Å². The molecule has 0 saturated carbocycles. The van der Waals surface area contributed by atoms with Gasteiger partial charge in [-0.25, -0.2) is 0 Å². The van der Waals surface area contributed by atoms with Gasteiger partial charge < -0.3 is 14.8 Å². The monoisotopic (exact) mass is 289 g/mol. The van der Waals surface area contributed by atoms with Gasteiger partial charge in [-0.3, -0.25) is 0 Å². The summed E-state index contributed by atoms with van der Waals surface area (Å²) in [5.41, 5.74) is 3.14. The largest absolute Gasteiger partial charge is 0.496 e. The molecule has 1 unspecified atom stereocenters. The van der Waals surface area contributed by atoms with Crippen molar-refractivity contribution in [3.63, 3.8) is 0 Å². The molecule has 0 saturated heterocycles. The first-order chi connectivity index (χ1) is 9.69. The van der Waals surface area contributed by atoms with E-state index in [0.717, 1.165) is 17.0 Å². The van der Waals surface area contributed by atoms with Gasteiger partial charge >= 0.3 is 0 Å². The Kier molecular flexibility index (Phi) is 3.45. The molecule has 1 aliphatic heterocycles. The van der Waals surface area contributed by atoms with E-state index in [9.17, 15) is 0 Å². The predicted molar refractivity (Wildman–Crippen MR) is 81.0 cm³/mol. The first kappa shape index (κ1) is 13.1. The maximum absolute atomic E-state index is 6.20. The van der Waals surface area contributed by atoms with Crippen molar-refractivity contribution in [2.75, 3.05) is 19.0 Å². The molecule has 0 bridgehead atoms. The molecule has 20 heavy (non-hydrogen) atoms. The van der Waals surface area contributed by atoms with E-state index < -0.39 is 0 Å². The first-order valence-corrected chi connectivity index (χ1v) is 6.90. The minimum atomic E-state index is -0.114. The van der Waals surface area contributed by atoms with Gasteiger partial charge in [0, 0.05) is 5.56 Å². The highest BCUT2D eigenvalue weighted by atomic mass is 35.5. The van der Waals surface area contributed by atoms with E-state index in [1.165, 1.54) is 5.56 Å². The molecule has 1 heterocycles. The van der Waals surface area contributed by atoms with Crippen LogP contribution in [-0.4, -0.2) is 13.7 Å². The summed E-state index contributed by atoms with van der Waals surface area (Å²) < 4.78 is 11.5. The summed E-state index contributed by atoms with van der Waals surface area (Å²) in [6.45, 7) is 2.74. The molecule has 1 N–H and O–H groups in total. The van der Waals surface area contributed by atoms with Crippen molar-refractivity contribution in [2.45, 2.75) is 13.0 Å². The third kappa shape index (κ3) is 2.29. The van der Waals surface area contributed by atoms with Gasteiger partial charge in [0.25, 0.3) is 0 Å². The zero-order valence-electron chi connectivity index (χ0n) is 11.4. The number of halogens is 1. The van der Waals surface area contributed by atoms with Crippen molar-refractivity contribution in [1.29, 1.82) is 0 Å². The minimum absolute atomic E-state index is 0.114. The minimum Gasteiger partial charge on any atom is -0.496 e. The van der Waals surface area contributed by atoms with Crippen LogP contribution in [-0.2, 0) is 0 Å². The molecule has 4 heteroatoms. The number of nitrogens with one attached hydrogen (secondary N) is 1. The molecule has 104 valence electrons. The Morgan fingerprint density at radius 2 is 2.15 bits per heavy atom. The second kappa shape index (κ2) is 5.25. The van der Waals surface area contributed by atoms with Crippen molar-refractivity contribution in [3.05, 3.63) is 52.5 Å². The Hall–Kier alpha value is -1.87. The third-order valence-corrected chi connectivity index (χ3v) is 3.73. The van der Waals surface area contributed by atoms with Crippen LogP contribution in [0.15, 0.2) is 36.4 Å². The topological polar surface area (TPSA) is 30.5 Å². The van der Waals surface area contributed by atoms with Gasteiger partial charge in [-0.15, -0.1) is 0 Å². The molecular weight excluding hydrogens is 274 g/mol. The molecule has 0 aromatic heterocycles. The lowest BCUT2D eigenvalue weighted by atomic mass is 10.0. The second-order valence-corrected chi connectivity index (χ2v) is 5.26. The molecule has 3 nitrogen and oxygen atoms in total. The number of hydrogen-bond acceptors (Lipinski definition) is 3. The fourth-order valence-electron chi connectivity index (χ4n) is 2.43. The van der Waals surface area contributed by atoms with Crippen molar-refractivity contribution in [2.24, 2.45) is 0 Å². The van der Waals surface area contributed by atoms with Crippen LogP contribution in [0.5, 0.6) is 11.5 Å². The summed E-state index contributed by atoms with van der Waals surface area (Å²) in [6, 6.07) is 11.8. The van der Waals surface area contributed by atoms with Gasteiger partial charge in [0.05, 0.1) is 24.4 Å². The van der Waals surface area contributed by atoms with Gasteiger partial charge in [-0.05, 0) is 31.2 Å². The zero-order chi connectivity index (χ0) is 14.1. The number of ether oxygens (including phenoxy) is 2. The van der Waals surface area contributed by atoms with Gasteiger partial charge in [0.2, 0.25) is 0 Å². The number of hydrogen-bond donors (Lipinski definition) is 1. The quantitative estimate of drug-likeness (QED) is 0.898. The molecule has 0 aliphatic carbocycles. The summed E-state index contributed by atoms with van der Waals surface area (Å²) in [5, 5.41) is 3.97. The van der Waals surface area contributed by atoms with Crippen molar-refractivity contribution in [3.8, 4) is 11.5 Å². The lowest BCUT2D eigenvalue weighted by Gasteiger charge is -2.29. The molecule has 0 spiro atoms. The zero-order valence-corrected chi connectivity index (χ0v) is 12.2. The van der Waals surface area contributed by atoms with Crippen molar-refractivity contribution < 1.29 is 9.47 Å². The van der Waals surface area contributed by atoms with Crippen LogP contribution in [0, 0.1) is 6.92 Å². The Morgan fingerprint density at radius 3 is 2.95 bits per heavy atom. The van der Waals surface area contributed by atoms with Crippen molar-refractivity contribution >= 4 is 17.3 Å². The van der Waals surface area contributed by atoms with E-state index in [2.05, 4.69) is 18.3 Å². The molecule has 2 aromatic rings. The summed E-state index contributed by atoms with van der Waals surface area (Å²) in [5.74, 6) is 1.53. The van der Waals surface area contributed by atoms with E-state index in [-0.39, 0.29) is 6.10 Å². The normalized spacial score (nSPS) is 16.9. The highest BCUT2D eigenvalue weighted by molar-refractivity contribution is 6.32. The number of methoxy groups -OCH3 is 1. The van der Waals surface area contributed by atoms with E-state index in [1.54, 1.807) is 7.11 Å². The number of fused-ring (bicyclic) bond motifs is 1. The van der Waals surface area contributed by atoms with E-state index in [4.69, 9.17) is 21.1 Å². The highest BCUT2D eigenvalue weighted by Crippen LogP contribution is 2.41. The standard InChI is InChI=1S/C16H16ClNO2/c1-10-6-7-14(19-2)11(8-10)15-9-18-13-5-3-4-12(17)16(13)20-15/h3-8,15,18H,9H2,1-2H3. The maximum Gasteiger partial charge on any atom is 0.162 e. The fraction of sp³-hybridized carbons (Fsp3) is 0.250. The van der Waals surface area contributed by atoms with Gasteiger partial charge in [0.15, 0.2) is 5.75 Å². The number of para-hydroxylation sites is 1. The van der Waals surface area contributed by atoms with Crippen molar-refractivity contribution in [1.82, 2.24) is 0 Å². The number of benzene rings is 2. The van der Waals surface area contributed by atoms with Crippen LogP contribution in [0.1, 0.15) is 17.2 Å². The average Bonchev–Trinajstić information content (AvgIpc) is 2.47. The van der Waals surface area contributed by atoms with Crippen LogP contribution in [0.3, 0.4) is 0 Å². The fourth-order valence-corrected chi connectivity index (χ4v) is 2.65. The van der Waals surface area contributed by atoms with Crippen LogP contribution in [0.2, 0.25) is 5.02 Å². The average molecular weight is 290 g/mol. The summed E-state index contributed by atoms with van der Waals surface area (Å²) in [7, 11) is 1.67. The van der Waals surface area contributed by atoms with Crippen LogP contribution in [0.4, 0.5) is 5.69 Å². The number of anilines is 1. The molecule has 1 atom stereocenters. The first-order valence-electron chi connectivity index (χ1n) is 6.52. The highest BCUT2D eigenvalue weighted by Gasteiger charge is 2.25. The lowest BCUT2D eigenvalue weighted by Crippen LogP contribution is -2.24. The van der Waals surface area contributed by atoms with Crippen LogP contribution < -0.4 is 14.8 Å². The number of rotatable bonds is 2. The lowest BCUT2D eigenvalue weighted by molar-refractivity contribution is 0.205. The van der Waals surface area contributed by atoms with Gasteiger partial charge in [-0.1, -0.05) is 29.3 Å². The van der Waals surface area contributed by atoms with Crippen LogP contribution in [0.25, 0.3) is 0 Å². The maximum atomic E-state index is 6.20. The Balaban J connectivity index is 1.98. The van der Waals surface area contributed by atoms with E-state index in [1.807, 2.05) is 30.3 Å². The SMILES string of the molecule is COc1ccc(C)cc1C1CNc2cccc(Cl)c2O1.